The van der Waals surface area contributed by atoms with E-state index in [2.05, 4.69) is 54.4 Å². The number of amides is 2. The smallest absolute Gasteiger partial charge is 0.259 e. The Morgan fingerprint density at radius 3 is 2.44 bits per heavy atom. The van der Waals surface area contributed by atoms with Gasteiger partial charge in [0.2, 0.25) is 0 Å². The summed E-state index contributed by atoms with van der Waals surface area (Å²) < 4.78 is 3.54. The van der Waals surface area contributed by atoms with Crippen molar-refractivity contribution in [3.05, 3.63) is 104 Å². The maximum absolute atomic E-state index is 12.3. The zero-order chi connectivity index (χ0) is 23.9. The first-order valence-electron chi connectivity index (χ1n) is 10.3. The van der Waals surface area contributed by atoms with Gasteiger partial charge in [-0.3, -0.25) is 9.59 Å². The van der Waals surface area contributed by atoms with Crippen LogP contribution in [-0.2, 0) is 4.79 Å². The molecule has 0 saturated carbocycles. The van der Waals surface area contributed by atoms with Crippen LogP contribution in [0, 0.1) is 3.57 Å². The Hall–Kier alpha value is -3.31. The van der Waals surface area contributed by atoms with Gasteiger partial charge in [-0.2, -0.15) is 10.2 Å². The van der Waals surface area contributed by atoms with Gasteiger partial charge in [0.1, 0.15) is 5.69 Å². The average Bonchev–Trinajstić information content (AvgIpc) is 3.28. The van der Waals surface area contributed by atoms with Crippen molar-refractivity contribution in [2.75, 3.05) is 6.54 Å². The SMILES string of the molecule is O=C(CNC(=O)c1ccccc1I)N/N=C\c1cn(-c2ccccc2)nc1-c1ccc(Br)cc1. The lowest BCUT2D eigenvalue weighted by molar-refractivity contribution is -0.120. The largest absolute Gasteiger partial charge is 0.343 e. The molecule has 3 aromatic carbocycles. The Kier molecular flexibility index (Phi) is 7.86. The minimum atomic E-state index is -0.434. The Morgan fingerprint density at radius 2 is 1.71 bits per heavy atom. The number of aromatic nitrogens is 2. The van der Waals surface area contributed by atoms with Crippen LogP contribution in [-0.4, -0.2) is 34.4 Å². The predicted molar refractivity (Wildman–Crippen MR) is 144 cm³/mol. The number of carbonyl (C=O) groups is 2. The van der Waals surface area contributed by atoms with Crippen molar-refractivity contribution in [1.29, 1.82) is 0 Å². The van der Waals surface area contributed by atoms with Crippen molar-refractivity contribution in [3.63, 3.8) is 0 Å². The van der Waals surface area contributed by atoms with Gasteiger partial charge < -0.3 is 5.32 Å². The second-order valence-corrected chi connectivity index (χ2v) is 9.25. The Balaban J connectivity index is 1.46. The van der Waals surface area contributed by atoms with Gasteiger partial charge >= 0.3 is 0 Å². The lowest BCUT2D eigenvalue weighted by Crippen LogP contribution is -2.35. The average molecular weight is 628 g/mol. The van der Waals surface area contributed by atoms with E-state index in [4.69, 9.17) is 5.10 Å². The summed E-state index contributed by atoms with van der Waals surface area (Å²) >= 11 is 5.53. The van der Waals surface area contributed by atoms with E-state index in [1.807, 2.05) is 72.9 Å². The van der Waals surface area contributed by atoms with E-state index in [1.165, 1.54) is 0 Å². The summed E-state index contributed by atoms with van der Waals surface area (Å²) in [5, 5.41) is 11.4. The molecule has 0 saturated heterocycles. The summed E-state index contributed by atoms with van der Waals surface area (Å²) in [4.78, 5) is 24.5. The molecule has 2 amide bonds. The molecule has 0 spiro atoms. The van der Waals surface area contributed by atoms with Crippen LogP contribution in [0.4, 0.5) is 0 Å². The lowest BCUT2D eigenvalue weighted by atomic mass is 10.1. The van der Waals surface area contributed by atoms with Crippen LogP contribution in [0.2, 0.25) is 0 Å². The number of para-hydroxylation sites is 1. The van der Waals surface area contributed by atoms with Crippen molar-refractivity contribution < 1.29 is 9.59 Å². The molecule has 4 rings (SSSR count). The summed E-state index contributed by atoms with van der Waals surface area (Å²) in [5.41, 5.74) is 6.25. The molecular formula is C25H19BrIN5O2. The molecule has 4 aromatic rings. The number of hydrogen-bond acceptors (Lipinski definition) is 4. The van der Waals surface area contributed by atoms with Gasteiger partial charge in [0.25, 0.3) is 11.8 Å². The van der Waals surface area contributed by atoms with Crippen LogP contribution in [0.1, 0.15) is 15.9 Å². The summed E-state index contributed by atoms with van der Waals surface area (Å²) in [6, 6.07) is 24.7. The zero-order valence-corrected chi connectivity index (χ0v) is 21.5. The van der Waals surface area contributed by atoms with Crippen LogP contribution >= 0.6 is 38.5 Å². The fourth-order valence-electron chi connectivity index (χ4n) is 3.14. The zero-order valence-electron chi connectivity index (χ0n) is 17.8. The van der Waals surface area contributed by atoms with Crippen LogP contribution in [0.5, 0.6) is 0 Å². The molecule has 170 valence electrons. The fraction of sp³-hybridized carbons (Fsp3) is 0.0400. The van der Waals surface area contributed by atoms with Crippen molar-refractivity contribution in [2.45, 2.75) is 0 Å². The van der Waals surface area contributed by atoms with Gasteiger partial charge in [-0.05, 0) is 59.0 Å². The monoisotopic (exact) mass is 627 g/mol. The molecule has 9 heteroatoms. The number of benzene rings is 3. The van der Waals surface area contributed by atoms with Gasteiger partial charge in [0, 0.05) is 25.4 Å². The van der Waals surface area contributed by atoms with E-state index < -0.39 is 5.91 Å². The van der Waals surface area contributed by atoms with Crippen LogP contribution in [0.15, 0.2) is 94.6 Å². The molecule has 1 aromatic heterocycles. The lowest BCUT2D eigenvalue weighted by Gasteiger charge is -2.05. The van der Waals surface area contributed by atoms with Crippen molar-refractivity contribution >= 4 is 56.5 Å². The number of carbonyl (C=O) groups excluding carboxylic acids is 2. The van der Waals surface area contributed by atoms with Crippen molar-refractivity contribution in [2.24, 2.45) is 5.10 Å². The summed E-state index contributed by atoms with van der Waals surface area (Å²) in [5.74, 6) is -0.748. The van der Waals surface area contributed by atoms with Crippen LogP contribution < -0.4 is 10.7 Å². The van der Waals surface area contributed by atoms with Crippen molar-refractivity contribution in [3.8, 4) is 16.9 Å². The molecule has 34 heavy (non-hydrogen) atoms. The van der Waals surface area contributed by atoms with E-state index in [9.17, 15) is 9.59 Å². The first-order chi connectivity index (χ1) is 16.5. The summed E-state index contributed by atoms with van der Waals surface area (Å²) in [7, 11) is 0. The van der Waals surface area contributed by atoms with E-state index in [1.54, 1.807) is 23.0 Å². The first kappa shape index (κ1) is 23.8. The molecule has 0 aliphatic rings. The number of hydrogen-bond donors (Lipinski definition) is 2. The Labute approximate surface area is 218 Å². The molecule has 7 nitrogen and oxygen atoms in total. The molecular weight excluding hydrogens is 609 g/mol. The minimum Gasteiger partial charge on any atom is -0.343 e. The third-order valence-corrected chi connectivity index (χ3v) is 6.27. The maximum Gasteiger partial charge on any atom is 0.259 e. The number of halogens is 2. The van der Waals surface area contributed by atoms with E-state index in [0.29, 0.717) is 5.56 Å². The van der Waals surface area contributed by atoms with Crippen LogP contribution in [0.25, 0.3) is 16.9 Å². The molecule has 2 N–H and O–H groups in total. The number of nitrogens with one attached hydrogen (secondary N) is 2. The number of nitrogens with zero attached hydrogens (tertiary/aromatic N) is 3. The van der Waals surface area contributed by atoms with E-state index >= 15 is 0 Å². The minimum absolute atomic E-state index is 0.190. The molecule has 0 atom stereocenters. The van der Waals surface area contributed by atoms with Crippen LogP contribution in [0.3, 0.4) is 0 Å². The molecule has 0 fully saturated rings. The van der Waals surface area contributed by atoms with E-state index in [-0.39, 0.29) is 12.5 Å². The highest BCUT2D eigenvalue weighted by molar-refractivity contribution is 14.1. The van der Waals surface area contributed by atoms with Gasteiger partial charge in [-0.25, -0.2) is 10.1 Å². The summed E-state index contributed by atoms with van der Waals surface area (Å²) in [6.45, 7) is -0.190. The fourth-order valence-corrected chi connectivity index (χ4v) is 4.04. The molecule has 0 aliphatic carbocycles. The van der Waals surface area contributed by atoms with E-state index in [0.717, 1.165) is 30.6 Å². The normalized spacial score (nSPS) is 10.9. The third-order valence-electron chi connectivity index (χ3n) is 4.80. The molecule has 0 radical (unpaired) electrons. The second-order valence-electron chi connectivity index (χ2n) is 7.18. The second kappa shape index (κ2) is 11.2. The molecule has 0 aliphatic heterocycles. The van der Waals surface area contributed by atoms with Gasteiger partial charge in [-0.15, -0.1) is 0 Å². The standard InChI is InChI=1S/C25H19BrIN5O2/c26-19-12-10-17(11-13-19)24-18(16-32(31-24)20-6-2-1-3-7-20)14-29-30-23(33)15-28-25(34)21-8-4-5-9-22(21)27/h1-14,16H,15H2,(H,28,34)(H,30,33)/b29-14-. The van der Waals surface area contributed by atoms with Gasteiger partial charge in [-0.1, -0.05) is 58.4 Å². The highest BCUT2D eigenvalue weighted by Gasteiger charge is 2.12. The maximum atomic E-state index is 12.3. The highest BCUT2D eigenvalue weighted by Crippen LogP contribution is 2.24. The third kappa shape index (κ3) is 5.97. The van der Waals surface area contributed by atoms with Gasteiger partial charge in [0.05, 0.1) is 24.0 Å². The summed E-state index contributed by atoms with van der Waals surface area (Å²) in [6.07, 6.45) is 3.39. The Morgan fingerprint density at radius 1 is 1.00 bits per heavy atom. The molecule has 0 bridgehead atoms. The number of hydrazone groups is 1. The number of rotatable bonds is 7. The van der Waals surface area contributed by atoms with Gasteiger partial charge in [0.15, 0.2) is 0 Å². The topological polar surface area (TPSA) is 88.4 Å². The highest BCUT2D eigenvalue weighted by atomic mass is 127. The molecule has 1 heterocycles. The predicted octanol–water partition coefficient (Wildman–Crippen LogP) is 4.79. The van der Waals surface area contributed by atoms with Crippen molar-refractivity contribution in [1.82, 2.24) is 20.5 Å². The molecule has 0 unspecified atom stereocenters. The first-order valence-corrected chi connectivity index (χ1v) is 12.1. The Bertz CT molecular complexity index is 1340. The quantitative estimate of drug-likeness (QED) is 0.176.